The molecule has 0 heterocycles. The van der Waals surface area contributed by atoms with Crippen LogP contribution in [0.4, 0.5) is 0 Å². The van der Waals surface area contributed by atoms with Gasteiger partial charge in [0, 0.05) is 0 Å². The molecule has 0 bridgehead atoms. The van der Waals surface area contributed by atoms with Crippen molar-refractivity contribution in [1.29, 1.82) is 0 Å². The van der Waals surface area contributed by atoms with Gasteiger partial charge in [0.05, 0.1) is 0 Å². The van der Waals surface area contributed by atoms with E-state index in [9.17, 15) is 4.89 Å². The summed E-state index contributed by atoms with van der Waals surface area (Å²) in [6.07, 6.45) is 11.9. The summed E-state index contributed by atoms with van der Waals surface area (Å²) in [5, 5.41) is 0. The monoisotopic (exact) mass is 556 g/mol. The van der Waals surface area contributed by atoms with Crippen molar-refractivity contribution in [2.45, 2.75) is 131 Å². The van der Waals surface area contributed by atoms with Gasteiger partial charge in [0.1, 0.15) is 0 Å². The van der Waals surface area contributed by atoms with Crippen LogP contribution in [0.15, 0.2) is 0 Å². The van der Waals surface area contributed by atoms with Crippen LogP contribution in [-0.2, 0) is 12.3 Å². The van der Waals surface area contributed by atoms with Crippen molar-refractivity contribution in [1.82, 2.24) is 0 Å². The molecule has 9 heteroatoms. The van der Waals surface area contributed by atoms with Crippen LogP contribution in [0.1, 0.15) is 65.7 Å². The molecule has 1 N–H and O–H groups in total. The van der Waals surface area contributed by atoms with E-state index >= 15 is 0 Å². The summed E-state index contributed by atoms with van der Waals surface area (Å²) >= 11 is 0. The summed E-state index contributed by atoms with van der Waals surface area (Å²) in [6, 6.07) is 0.856. The Balaban J connectivity index is 6.04. The van der Waals surface area contributed by atoms with E-state index in [2.05, 4.69) is 79.7 Å². The molecule has 0 aliphatic heterocycles. The molecule has 0 atom stereocenters. The van der Waals surface area contributed by atoms with Crippen molar-refractivity contribution in [2.75, 3.05) is 24.6 Å². The van der Waals surface area contributed by atoms with Gasteiger partial charge in [-0.15, -0.1) is 0 Å². The summed E-state index contributed by atoms with van der Waals surface area (Å²) in [6.45, 7) is 24.3. The molecule has 0 amide bonds. The fraction of sp³-hybridized carbons (Fsp3) is 1.00. The fourth-order valence-electron chi connectivity index (χ4n) is 4.68. The van der Waals surface area contributed by atoms with Gasteiger partial charge in [-0.1, -0.05) is 0 Å². The molecule has 0 spiro atoms. The molecule has 0 aliphatic carbocycles. The molecule has 0 aromatic carbocycles. The van der Waals surface area contributed by atoms with Gasteiger partial charge in [0.25, 0.3) is 0 Å². The first-order chi connectivity index (χ1) is 14.8. The second kappa shape index (κ2) is 13.6. The number of rotatable bonds is 19. The van der Waals surface area contributed by atoms with Gasteiger partial charge in [0.2, 0.25) is 0 Å². The SMILES string of the molecule is CCCCP(O)(CCCC)(CCCC)CCC[Si](O[Si](C)(C)C)(O[Si](C)(C)C)O[Si](C)(C)C. The van der Waals surface area contributed by atoms with E-state index in [1.807, 2.05) is 0 Å². The zero-order valence-electron chi connectivity index (χ0n) is 24.6. The molecular weight excluding hydrogens is 496 g/mol. The predicted octanol–water partition coefficient (Wildman–Crippen LogP) is 8.73. The normalized spacial score (nSPS) is 15.5. The van der Waals surface area contributed by atoms with Gasteiger partial charge in [-0.25, -0.2) is 0 Å². The molecule has 0 aromatic heterocycles. The van der Waals surface area contributed by atoms with Gasteiger partial charge in [-0.3, -0.25) is 0 Å². The molecule has 4 nitrogen and oxygen atoms in total. The van der Waals surface area contributed by atoms with Gasteiger partial charge in [0.15, 0.2) is 0 Å². The van der Waals surface area contributed by atoms with Crippen molar-refractivity contribution in [3.8, 4) is 0 Å². The maximum absolute atomic E-state index is 12.5. The number of hydrogen-bond acceptors (Lipinski definition) is 4. The maximum atomic E-state index is 12.5. The van der Waals surface area contributed by atoms with E-state index in [1.165, 1.54) is 0 Å². The minimum atomic E-state index is -2.83. The Labute approximate surface area is 212 Å². The molecule has 33 heavy (non-hydrogen) atoms. The Kier molecular flexibility index (Phi) is 14.1. The summed E-state index contributed by atoms with van der Waals surface area (Å²) in [7, 11) is -8.43. The summed E-state index contributed by atoms with van der Waals surface area (Å²) in [5.74, 6) is 0. The van der Waals surface area contributed by atoms with E-state index in [4.69, 9.17) is 12.3 Å². The average molecular weight is 557 g/mol. The van der Waals surface area contributed by atoms with Crippen LogP contribution in [-0.4, -0.2) is 63.3 Å². The molecule has 0 saturated heterocycles. The zero-order valence-corrected chi connectivity index (χ0v) is 29.5. The molecule has 0 fully saturated rings. The molecule has 0 rings (SSSR count). The minimum absolute atomic E-state index is 0.856. The van der Waals surface area contributed by atoms with E-state index < -0.39 is 40.6 Å². The van der Waals surface area contributed by atoms with Crippen molar-refractivity contribution in [3.63, 3.8) is 0 Å². The van der Waals surface area contributed by atoms with E-state index in [-0.39, 0.29) is 0 Å². The molecule has 202 valence electrons. The standard InChI is InChI=1S/C24H61O4PSi4/c1-13-16-20-29(25,21-17-14-2,22-18-15-3)23-19-24-33(26-30(4,5)6,27-31(7,8)9)28-32(10,11)12/h25H,13-24H2,1-12H3. The molecular formula is C24H61O4PSi4. The van der Waals surface area contributed by atoms with Crippen LogP contribution < -0.4 is 0 Å². The molecule has 0 aromatic rings. The van der Waals surface area contributed by atoms with Gasteiger partial charge in [-0.2, -0.15) is 0 Å². The van der Waals surface area contributed by atoms with E-state index in [0.717, 1.165) is 75.6 Å². The van der Waals surface area contributed by atoms with Crippen LogP contribution >= 0.6 is 6.83 Å². The van der Waals surface area contributed by atoms with Crippen molar-refractivity contribution >= 4 is 40.6 Å². The summed E-state index contributed by atoms with van der Waals surface area (Å²) in [4.78, 5) is 12.5. The first-order valence-electron chi connectivity index (χ1n) is 13.7. The second-order valence-corrected chi connectivity index (χ2v) is 35.9. The van der Waals surface area contributed by atoms with Crippen molar-refractivity contribution in [3.05, 3.63) is 0 Å². The van der Waals surface area contributed by atoms with Crippen LogP contribution in [0.3, 0.4) is 0 Å². The Bertz CT molecular complexity index is 491. The van der Waals surface area contributed by atoms with Crippen molar-refractivity contribution in [2.24, 2.45) is 0 Å². The van der Waals surface area contributed by atoms with Crippen LogP contribution in [0.25, 0.3) is 0 Å². The molecule has 0 radical (unpaired) electrons. The zero-order chi connectivity index (χ0) is 26.1. The van der Waals surface area contributed by atoms with Gasteiger partial charge < -0.3 is 0 Å². The first kappa shape index (κ1) is 34.1. The van der Waals surface area contributed by atoms with E-state index in [1.54, 1.807) is 0 Å². The Morgan fingerprint density at radius 1 is 0.515 bits per heavy atom. The number of unbranched alkanes of at least 4 members (excludes halogenated alkanes) is 3. The molecule has 0 unspecified atom stereocenters. The van der Waals surface area contributed by atoms with Gasteiger partial charge in [-0.05, 0) is 0 Å². The van der Waals surface area contributed by atoms with Crippen molar-refractivity contribution < 1.29 is 17.2 Å². The van der Waals surface area contributed by atoms with Crippen LogP contribution in [0.5, 0.6) is 0 Å². The topological polar surface area (TPSA) is 47.9 Å². The molecule has 0 aliphatic rings. The third-order valence-electron chi connectivity index (χ3n) is 5.86. The first-order valence-corrected chi connectivity index (χ1v) is 28.8. The quantitative estimate of drug-likeness (QED) is 0.128. The Morgan fingerprint density at radius 2 is 0.788 bits per heavy atom. The Hall–Kier alpha value is 1.14. The van der Waals surface area contributed by atoms with Crippen LogP contribution in [0.2, 0.25) is 65.0 Å². The van der Waals surface area contributed by atoms with E-state index in [0.29, 0.717) is 0 Å². The summed E-state index contributed by atoms with van der Waals surface area (Å²) < 4.78 is 20.7. The summed E-state index contributed by atoms with van der Waals surface area (Å²) in [5.41, 5.74) is 0. The molecule has 0 saturated carbocycles. The van der Waals surface area contributed by atoms with Gasteiger partial charge >= 0.3 is 213 Å². The second-order valence-electron chi connectivity index (χ2n) is 13.3. The fourth-order valence-corrected chi connectivity index (χ4v) is 25.3. The third-order valence-corrected chi connectivity index (χ3v) is 23.8. The number of hydrogen-bond donors (Lipinski definition) is 1. The average Bonchev–Trinajstić information content (AvgIpc) is 2.59. The predicted molar refractivity (Wildman–Crippen MR) is 162 cm³/mol. The Morgan fingerprint density at radius 3 is 1.03 bits per heavy atom. The third kappa shape index (κ3) is 15.1. The van der Waals surface area contributed by atoms with Crippen LogP contribution in [0, 0.1) is 0 Å².